The molecule has 2 N–H and O–H groups in total. The largest absolute Gasteiger partial charge is 0.329 e. The second-order valence-corrected chi connectivity index (χ2v) is 10.1. The first-order valence-corrected chi connectivity index (χ1v) is 12.8. The van der Waals surface area contributed by atoms with Crippen LogP contribution in [0.3, 0.4) is 0 Å². The van der Waals surface area contributed by atoms with Crippen molar-refractivity contribution in [1.29, 1.82) is 0 Å². The monoisotopic (exact) mass is 488 g/mol. The number of hydrogen-bond acceptors (Lipinski definition) is 4. The maximum absolute atomic E-state index is 12.9. The number of imidazole rings is 1. The van der Waals surface area contributed by atoms with E-state index in [-0.39, 0.29) is 4.90 Å². The van der Waals surface area contributed by atoms with Crippen LogP contribution in [0, 0.1) is 13.8 Å². The van der Waals surface area contributed by atoms with Gasteiger partial charge in [0.15, 0.2) is 0 Å². The normalized spacial score (nSPS) is 12.2. The first kappa shape index (κ1) is 24.2. The summed E-state index contributed by atoms with van der Waals surface area (Å²) in [6.07, 6.45) is 4.72. The van der Waals surface area contributed by atoms with Crippen LogP contribution in [0.1, 0.15) is 35.0 Å². The number of urea groups is 1. The van der Waals surface area contributed by atoms with Crippen LogP contribution in [-0.2, 0) is 16.4 Å². The molecule has 0 saturated carbocycles. The van der Waals surface area contributed by atoms with E-state index in [1.165, 1.54) is 6.07 Å². The predicted octanol–water partition coefficient (Wildman–Crippen LogP) is 4.85. The van der Waals surface area contributed by atoms with Gasteiger partial charge in [-0.1, -0.05) is 66.2 Å². The van der Waals surface area contributed by atoms with Crippen LogP contribution < -0.4 is 10.0 Å². The van der Waals surface area contributed by atoms with Crippen molar-refractivity contribution >= 4 is 16.1 Å². The molecule has 8 heteroatoms. The van der Waals surface area contributed by atoms with Gasteiger partial charge in [-0.25, -0.2) is 22.9 Å². The van der Waals surface area contributed by atoms with Crippen molar-refractivity contribution in [3.05, 3.63) is 114 Å². The van der Waals surface area contributed by atoms with Gasteiger partial charge < -0.3 is 9.88 Å². The maximum Gasteiger partial charge on any atom is 0.329 e. The van der Waals surface area contributed by atoms with Crippen LogP contribution in [0.2, 0.25) is 0 Å². The number of aryl methyl sites for hydroxylation is 3. The summed E-state index contributed by atoms with van der Waals surface area (Å²) < 4.78 is 29.7. The van der Waals surface area contributed by atoms with E-state index in [0.29, 0.717) is 24.2 Å². The fourth-order valence-corrected chi connectivity index (χ4v) is 5.10. The molecule has 1 heterocycles. The number of amides is 2. The molecule has 0 spiro atoms. The number of rotatable bonds is 8. The SMILES string of the molecule is Cc1ccc(-n2ccnc2[C@H](CCc2ccccc2)NC(=O)NS(=O)(=O)c2ccccc2C)cc1. The molecule has 0 aliphatic rings. The van der Waals surface area contributed by atoms with Crippen molar-refractivity contribution < 1.29 is 13.2 Å². The third kappa shape index (κ3) is 5.96. The summed E-state index contributed by atoms with van der Waals surface area (Å²) in [4.78, 5) is 17.5. The highest BCUT2D eigenvalue weighted by Crippen LogP contribution is 2.22. The Hall–Kier alpha value is -3.91. The van der Waals surface area contributed by atoms with E-state index < -0.39 is 22.1 Å². The van der Waals surface area contributed by atoms with Gasteiger partial charge in [-0.05, 0) is 56.0 Å². The van der Waals surface area contributed by atoms with Gasteiger partial charge in [0.1, 0.15) is 5.82 Å². The lowest BCUT2D eigenvalue weighted by atomic mass is 10.0. The minimum absolute atomic E-state index is 0.0668. The van der Waals surface area contributed by atoms with E-state index in [4.69, 9.17) is 0 Å². The molecule has 0 radical (unpaired) electrons. The molecule has 4 rings (SSSR count). The number of nitrogens with one attached hydrogen (secondary N) is 2. The summed E-state index contributed by atoms with van der Waals surface area (Å²) >= 11 is 0. The molecular weight excluding hydrogens is 460 g/mol. The molecule has 1 atom stereocenters. The Morgan fingerprint density at radius 1 is 0.943 bits per heavy atom. The molecule has 180 valence electrons. The lowest BCUT2D eigenvalue weighted by Gasteiger charge is -2.21. The third-order valence-corrected chi connectivity index (χ3v) is 7.26. The quantitative estimate of drug-likeness (QED) is 0.371. The molecule has 4 aromatic rings. The topological polar surface area (TPSA) is 93.1 Å². The molecule has 0 fully saturated rings. The molecule has 35 heavy (non-hydrogen) atoms. The van der Waals surface area contributed by atoms with Crippen molar-refractivity contribution in [2.75, 3.05) is 0 Å². The Morgan fingerprint density at radius 2 is 1.63 bits per heavy atom. The smallest absolute Gasteiger partial charge is 0.327 e. The van der Waals surface area contributed by atoms with Crippen molar-refractivity contribution in [3.63, 3.8) is 0 Å². The second-order valence-electron chi connectivity index (χ2n) is 8.41. The maximum atomic E-state index is 12.9. The van der Waals surface area contributed by atoms with Crippen LogP contribution in [0.4, 0.5) is 4.79 Å². The zero-order chi connectivity index (χ0) is 24.8. The average molecular weight is 489 g/mol. The number of aromatic nitrogens is 2. The van der Waals surface area contributed by atoms with Crippen molar-refractivity contribution in [2.45, 2.75) is 37.6 Å². The number of benzene rings is 3. The van der Waals surface area contributed by atoms with Gasteiger partial charge in [-0.3, -0.25) is 0 Å². The van der Waals surface area contributed by atoms with Crippen LogP contribution in [-0.4, -0.2) is 24.0 Å². The fourth-order valence-electron chi connectivity index (χ4n) is 3.94. The van der Waals surface area contributed by atoms with Crippen molar-refractivity contribution in [2.24, 2.45) is 0 Å². The standard InChI is InChI=1S/C27H28N4O3S/c1-20-12-15-23(16-13-20)31-19-18-28-26(31)24(17-14-22-9-4-3-5-10-22)29-27(32)30-35(33,34)25-11-7-6-8-21(25)2/h3-13,15-16,18-19,24H,14,17H2,1-2H3,(H2,29,30,32)/t24-/m0/s1. The molecule has 0 saturated heterocycles. The summed E-state index contributed by atoms with van der Waals surface area (Å²) in [5.41, 5.74) is 3.71. The summed E-state index contributed by atoms with van der Waals surface area (Å²) in [5.74, 6) is 0.619. The summed E-state index contributed by atoms with van der Waals surface area (Å²) in [6, 6.07) is 23.1. The highest BCUT2D eigenvalue weighted by atomic mass is 32.2. The van der Waals surface area contributed by atoms with Gasteiger partial charge in [-0.15, -0.1) is 0 Å². The summed E-state index contributed by atoms with van der Waals surface area (Å²) in [7, 11) is -4.03. The van der Waals surface area contributed by atoms with Gasteiger partial charge in [0.05, 0.1) is 10.9 Å². The highest BCUT2D eigenvalue weighted by molar-refractivity contribution is 7.90. The fraction of sp³-hybridized carbons (Fsp3) is 0.185. The predicted molar refractivity (Wildman–Crippen MR) is 136 cm³/mol. The number of nitrogens with zero attached hydrogens (tertiary/aromatic N) is 2. The van der Waals surface area contributed by atoms with Gasteiger partial charge in [0.2, 0.25) is 0 Å². The van der Waals surface area contributed by atoms with Crippen LogP contribution in [0.25, 0.3) is 5.69 Å². The Balaban J connectivity index is 1.59. The average Bonchev–Trinajstić information content (AvgIpc) is 3.32. The molecule has 2 amide bonds. The Morgan fingerprint density at radius 3 is 2.34 bits per heavy atom. The van der Waals surface area contributed by atoms with Crippen LogP contribution in [0.5, 0.6) is 0 Å². The highest BCUT2D eigenvalue weighted by Gasteiger charge is 2.24. The van der Waals surface area contributed by atoms with E-state index in [2.05, 4.69) is 15.0 Å². The van der Waals surface area contributed by atoms with Gasteiger partial charge in [0, 0.05) is 18.1 Å². The number of sulfonamides is 1. The second kappa shape index (κ2) is 10.6. The molecule has 0 aliphatic carbocycles. The summed E-state index contributed by atoms with van der Waals surface area (Å²) in [6.45, 7) is 3.70. The minimum Gasteiger partial charge on any atom is -0.327 e. The zero-order valence-electron chi connectivity index (χ0n) is 19.7. The molecule has 0 aliphatic heterocycles. The van der Waals surface area contributed by atoms with E-state index in [0.717, 1.165) is 16.8 Å². The summed E-state index contributed by atoms with van der Waals surface area (Å²) in [5, 5.41) is 2.84. The van der Waals surface area contributed by atoms with Gasteiger partial charge in [0.25, 0.3) is 10.0 Å². The Kier molecular flexibility index (Phi) is 7.31. The van der Waals surface area contributed by atoms with Crippen molar-refractivity contribution in [1.82, 2.24) is 19.6 Å². The van der Waals surface area contributed by atoms with E-state index in [1.807, 2.05) is 72.3 Å². The van der Waals surface area contributed by atoms with Gasteiger partial charge >= 0.3 is 6.03 Å². The van der Waals surface area contributed by atoms with Crippen LogP contribution >= 0.6 is 0 Å². The number of carbonyl (C=O) groups is 1. The zero-order valence-corrected chi connectivity index (χ0v) is 20.5. The first-order chi connectivity index (χ1) is 16.8. The number of carbonyl (C=O) groups excluding carboxylic acids is 1. The van der Waals surface area contributed by atoms with Crippen molar-refractivity contribution in [3.8, 4) is 5.69 Å². The lowest BCUT2D eigenvalue weighted by molar-refractivity contribution is 0.240. The molecule has 0 unspecified atom stereocenters. The number of hydrogen-bond donors (Lipinski definition) is 2. The molecule has 0 bridgehead atoms. The molecular formula is C27H28N4O3S. The van der Waals surface area contributed by atoms with E-state index >= 15 is 0 Å². The first-order valence-electron chi connectivity index (χ1n) is 11.4. The molecule has 1 aromatic heterocycles. The minimum atomic E-state index is -4.03. The Labute approximate surface area is 205 Å². The molecule has 3 aromatic carbocycles. The molecule has 7 nitrogen and oxygen atoms in total. The van der Waals surface area contributed by atoms with Crippen LogP contribution in [0.15, 0.2) is 96.2 Å². The Bertz CT molecular complexity index is 1400. The van der Waals surface area contributed by atoms with E-state index in [1.54, 1.807) is 31.3 Å². The van der Waals surface area contributed by atoms with E-state index in [9.17, 15) is 13.2 Å². The van der Waals surface area contributed by atoms with Gasteiger partial charge in [-0.2, -0.15) is 0 Å². The lowest BCUT2D eigenvalue weighted by Crippen LogP contribution is -2.42. The third-order valence-electron chi connectivity index (χ3n) is 5.77.